The van der Waals surface area contributed by atoms with Gasteiger partial charge in [-0.3, -0.25) is 10.1 Å². The fourth-order valence-corrected chi connectivity index (χ4v) is 1.14. The van der Waals surface area contributed by atoms with Crippen LogP contribution in [0, 0.1) is 0 Å². The molecule has 1 aliphatic heterocycles. The summed E-state index contributed by atoms with van der Waals surface area (Å²) in [4.78, 5) is 30.5. The highest BCUT2D eigenvalue weighted by Gasteiger charge is 2.31. The van der Waals surface area contributed by atoms with Gasteiger partial charge in [0.15, 0.2) is 5.71 Å². The molecule has 1 unspecified atom stereocenters. The molecule has 9 nitrogen and oxygen atoms in total. The molecule has 17 heavy (non-hydrogen) atoms. The summed E-state index contributed by atoms with van der Waals surface area (Å²) >= 11 is 0. The van der Waals surface area contributed by atoms with Crippen molar-refractivity contribution in [3.05, 3.63) is 12.4 Å². The minimum atomic E-state index is -1.21. The molecule has 0 aromatic carbocycles. The molecule has 0 fully saturated rings. The minimum absolute atomic E-state index is 0.0184. The van der Waals surface area contributed by atoms with E-state index in [0.29, 0.717) is 0 Å². The number of carboxylic acid groups (broad SMARTS) is 1. The molecule has 1 aliphatic rings. The van der Waals surface area contributed by atoms with Gasteiger partial charge in [-0.15, -0.1) is 5.10 Å². The number of aliphatic carboxylic acids is 1. The quantitative estimate of drug-likeness (QED) is 0.692. The van der Waals surface area contributed by atoms with E-state index in [1.807, 2.05) is 0 Å². The molecule has 1 aromatic rings. The number of oxime groups is 1. The summed E-state index contributed by atoms with van der Waals surface area (Å²) in [6.45, 7) is 0. The number of carbonyl (C=O) groups is 2. The van der Waals surface area contributed by atoms with Crippen LogP contribution in [0.25, 0.3) is 0 Å². The second-order valence-electron chi connectivity index (χ2n) is 3.10. The SMILES string of the molecule is O=C(O)C1=NOC(C(=O)Nc2nccnn2)C1. The molecule has 0 radical (unpaired) electrons. The monoisotopic (exact) mass is 237 g/mol. The van der Waals surface area contributed by atoms with E-state index in [-0.39, 0.29) is 18.1 Å². The highest BCUT2D eigenvalue weighted by molar-refractivity contribution is 6.36. The topological polar surface area (TPSA) is 127 Å². The van der Waals surface area contributed by atoms with Gasteiger partial charge < -0.3 is 9.94 Å². The lowest BCUT2D eigenvalue weighted by Gasteiger charge is -2.06. The second-order valence-corrected chi connectivity index (χ2v) is 3.10. The van der Waals surface area contributed by atoms with E-state index in [9.17, 15) is 9.59 Å². The average molecular weight is 237 g/mol. The zero-order valence-corrected chi connectivity index (χ0v) is 8.40. The van der Waals surface area contributed by atoms with E-state index in [1.165, 1.54) is 12.4 Å². The Kier molecular flexibility index (Phi) is 2.90. The summed E-state index contributed by atoms with van der Waals surface area (Å²) in [5.41, 5.74) is -0.197. The summed E-state index contributed by atoms with van der Waals surface area (Å²) < 4.78 is 0. The molecule has 88 valence electrons. The van der Waals surface area contributed by atoms with Crippen molar-refractivity contribution in [2.75, 3.05) is 5.32 Å². The number of rotatable bonds is 3. The lowest BCUT2D eigenvalue weighted by atomic mass is 10.2. The van der Waals surface area contributed by atoms with E-state index in [1.54, 1.807) is 0 Å². The van der Waals surface area contributed by atoms with Gasteiger partial charge in [0.2, 0.25) is 12.1 Å². The number of hydrogen-bond donors (Lipinski definition) is 2. The van der Waals surface area contributed by atoms with Gasteiger partial charge in [0, 0.05) is 6.42 Å². The van der Waals surface area contributed by atoms with Crippen LogP contribution in [-0.2, 0) is 14.4 Å². The molecule has 0 spiro atoms. The number of anilines is 1. The van der Waals surface area contributed by atoms with Crippen molar-refractivity contribution in [1.82, 2.24) is 15.2 Å². The first-order valence-electron chi connectivity index (χ1n) is 4.57. The summed E-state index contributed by atoms with van der Waals surface area (Å²) in [7, 11) is 0. The molecular formula is C8H7N5O4. The van der Waals surface area contributed by atoms with Crippen molar-refractivity contribution in [2.24, 2.45) is 5.16 Å². The van der Waals surface area contributed by atoms with Crippen molar-refractivity contribution < 1.29 is 19.5 Å². The predicted octanol–water partition coefficient (Wildman–Crippen LogP) is -0.960. The van der Waals surface area contributed by atoms with Crippen molar-refractivity contribution in [2.45, 2.75) is 12.5 Å². The maximum absolute atomic E-state index is 11.6. The van der Waals surface area contributed by atoms with Gasteiger partial charge in [0.25, 0.3) is 5.91 Å². The Hall–Kier alpha value is -2.58. The first-order chi connectivity index (χ1) is 8.16. The minimum Gasteiger partial charge on any atom is -0.477 e. The van der Waals surface area contributed by atoms with Crippen LogP contribution in [0.4, 0.5) is 5.95 Å². The van der Waals surface area contributed by atoms with Gasteiger partial charge in [-0.25, -0.2) is 9.78 Å². The molecule has 1 aromatic heterocycles. The zero-order chi connectivity index (χ0) is 12.3. The lowest BCUT2D eigenvalue weighted by molar-refractivity contribution is -0.129. The molecule has 0 bridgehead atoms. The second kappa shape index (κ2) is 4.51. The molecule has 9 heteroatoms. The maximum atomic E-state index is 11.6. The van der Waals surface area contributed by atoms with Gasteiger partial charge >= 0.3 is 5.97 Å². The normalized spacial score (nSPS) is 18.1. The van der Waals surface area contributed by atoms with Gasteiger partial charge in [0.05, 0.1) is 12.4 Å². The van der Waals surface area contributed by atoms with E-state index >= 15 is 0 Å². The van der Waals surface area contributed by atoms with E-state index in [4.69, 9.17) is 5.11 Å². The van der Waals surface area contributed by atoms with Crippen LogP contribution < -0.4 is 5.32 Å². The Morgan fingerprint density at radius 1 is 1.47 bits per heavy atom. The highest BCUT2D eigenvalue weighted by Crippen LogP contribution is 2.12. The van der Waals surface area contributed by atoms with Gasteiger partial charge in [-0.05, 0) is 0 Å². The van der Waals surface area contributed by atoms with Crippen LogP contribution >= 0.6 is 0 Å². The van der Waals surface area contributed by atoms with Crippen LogP contribution in [0.3, 0.4) is 0 Å². The summed E-state index contributed by atoms with van der Waals surface area (Å²) in [6.07, 6.45) is 1.64. The van der Waals surface area contributed by atoms with Crippen molar-refractivity contribution in [3.63, 3.8) is 0 Å². The molecule has 2 heterocycles. The Bertz CT molecular complexity index is 474. The summed E-state index contributed by atoms with van der Waals surface area (Å²) in [5, 5.41) is 21.3. The molecule has 2 rings (SSSR count). The molecule has 1 atom stereocenters. The molecule has 0 aliphatic carbocycles. The van der Waals surface area contributed by atoms with Crippen LogP contribution in [0.1, 0.15) is 6.42 Å². The van der Waals surface area contributed by atoms with Gasteiger partial charge in [-0.2, -0.15) is 5.10 Å². The zero-order valence-electron chi connectivity index (χ0n) is 8.40. The predicted molar refractivity (Wildman–Crippen MR) is 53.0 cm³/mol. The van der Waals surface area contributed by atoms with Crippen LogP contribution in [0.2, 0.25) is 0 Å². The highest BCUT2D eigenvalue weighted by atomic mass is 16.6. The number of hydrogen-bond acceptors (Lipinski definition) is 7. The van der Waals surface area contributed by atoms with Crippen molar-refractivity contribution in [3.8, 4) is 0 Å². The standard InChI is InChI=1S/C8H7N5O4/c14-6(11-8-9-1-2-10-12-8)5-3-4(7(15)16)13-17-5/h1-2,5H,3H2,(H,15,16)(H,9,11,12,14). The Balaban J connectivity index is 1.93. The van der Waals surface area contributed by atoms with E-state index < -0.39 is 18.0 Å². The number of aromatic nitrogens is 3. The Labute approximate surface area is 94.5 Å². The molecule has 0 saturated heterocycles. The number of carbonyl (C=O) groups excluding carboxylic acids is 1. The number of nitrogens with zero attached hydrogens (tertiary/aromatic N) is 4. The average Bonchev–Trinajstić information content (AvgIpc) is 2.79. The smallest absolute Gasteiger partial charge is 0.353 e. The fraction of sp³-hybridized carbons (Fsp3) is 0.250. The third kappa shape index (κ3) is 2.51. The molecular weight excluding hydrogens is 230 g/mol. The largest absolute Gasteiger partial charge is 0.477 e. The van der Waals surface area contributed by atoms with E-state index in [2.05, 4.69) is 30.5 Å². The third-order valence-electron chi connectivity index (χ3n) is 1.93. The lowest BCUT2D eigenvalue weighted by Crippen LogP contribution is -2.29. The maximum Gasteiger partial charge on any atom is 0.353 e. The Morgan fingerprint density at radius 3 is 2.88 bits per heavy atom. The van der Waals surface area contributed by atoms with Gasteiger partial charge in [-0.1, -0.05) is 5.16 Å². The number of nitrogens with one attached hydrogen (secondary N) is 1. The fourth-order valence-electron chi connectivity index (χ4n) is 1.14. The van der Waals surface area contributed by atoms with Crippen LogP contribution in [0.5, 0.6) is 0 Å². The molecule has 0 saturated carbocycles. The summed E-state index contributed by atoms with van der Waals surface area (Å²) in [6, 6.07) is 0. The van der Waals surface area contributed by atoms with Crippen molar-refractivity contribution in [1.29, 1.82) is 0 Å². The van der Waals surface area contributed by atoms with Crippen LogP contribution in [-0.4, -0.2) is 44.0 Å². The number of amides is 1. The first kappa shape index (κ1) is 10.9. The number of carboxylic acids is 1. The van der Waals surface area contributed by atoms with E-state index in [0.717, 1.165) is 0 Å². The van der Waals surface area contributed by atoms with Crippen molar-refractivity contribution >= 4 is 23.5 Å². The van der Waals surface area contributed by atoms with Crippen LogP contribution in [0.15, 0.2) is 17.5 Å². The molecule has 1 amide bonds. The first-order valence-corrected chi connectivity index (χ1v) is 4.57. The van der Waals surface area contributed by atoms with Gasteiger partial charge in [0.1, 0.15) is 0 Å². The third-order valence-corrected chi connectivity index (χ3v) is 1.93. The molecule has 2 N–H and O–H groups in total. The summed E-state index contributed by atoms with van der Waals surface area (Å²) in [5.74, 6) is -1.76. The Morgan fingerprint density at radius 2 is 2.29 bits per heavy atom.